The summed E-state index contributed by atoms with van der Waals surface area (Å²) in [6, 6.07) is 19.1. The Morgan fingerprint density at radius 2 is 1.82 bits per heavy atom. The van der Waals surface area contributed by atoms with Crippen LogP contribution >= 0.6 is 11.3 Å². The van der Waals surface area contributed by atoms with Gasteiger partial charge in [-0.15, -0.1) is 5.10 Å². The Bertz CT molecular complexity index is 1720. The van der Waals surface area contributed by atoms with Crippen LogP contribution in [0.2, 0.25) is 0 Å². The number of hydrogen-bond donors (Lipinski definition) is 0. The zero-order chi connectivity index (χ0) is 21.9. The molecule has 4 aromatic heterocycles. The van der Waals surface area contributed by atoms with Gasteiger partial charge in [0.2, 0.25) is 5.88 Å². The highest BCUT2D eigenvalue weighted by atomic mass is 32.1. The van der Waals surface area contributed by atoms with E-state index in [9.17, 15) is 4.79 Å². The molecule has 0 bridgehead atoms. The molecule has 0 N–H and O–H groups in total. The number of benzene rings is 2. The van der Waals surface area contributed by atoms with Crippen LogP contribution in [0.3, 0.4) is 0 Å². The molecule has 1 unspecified atom stereocenters. The molecular weight excluding hydrogens is 436 g/mol. The largest absolute Gasteiger partial charge is 0.437 e. The van der Waals surface area contributed by atoms with E-state index in [0.717, 1.165) is 16.5 Å². The molecule has 5 heterocycles. The third kappa shape index (κ3) is 2.68. The topological polar surface area (TPSA) is 82.5 Å². The molecule has 0 spiro atoms. The maximum atomic E-state index is 13.2. The van der Waals surface area contributed by atoms with Gasteiger partial charge >= 0.3 is 5.63 Å². The monoisotopic (exact) mass is 450 g/mol. The SMILES string of the molecule is O=c1oc2ccccc2c2c1C(c1ccsc1)c1c(ncn3nc(-c4ccccc4)nc13)O2. The lowest BCUT2D eigenvalue weighted by Crippen LogP contribution is -2.22. The van der Waals surface area contributed by atoms with Crippen molar-refractivity contribution < 1.29 is 9.15 Å². The predicted molar refractivity (Wildman–Crippen MR) is 124 cm³/mol. The average Bonchev–Trinajstić information content (AvgIpc) is 3.54. The first-order chi connectivity index (χ1) is 16.3. The van der Waals surface area contributed by atoms with Crippen LogP contribution in [0.15, 0.2) is 87.0 Å². The highest BCUT2D eigenvalue weighted by molar-refractivity contribution is 7.08. The van der Waals surface area contributed by atoms with Gasteiger partial charge in [0.15, 0.2) is 17.2 Å². The third-order valence-corrected chi connectivity index (χ3v) is 6.57. The number of para-hydroxylation sites is 1. The number of hydrogen-bond acceptors (Lipinski definition) is 7. The highest BCUT2D eigenvalue weighted by Crippen LogP contribution is 2.49. The minimum Gasteiger partial charge on any atom is -0.437 e. The van der Waals surface area contributed by atoms with Gasteiger partial charge in [-0.05, 0) is 34.5 Å². The van der Waals surface area contributed by atoms with Crippen LogP contribution in [0.4, 0.5) is 0 Å². The molecule has 0 aliphatic carbocycles. The minimum atomic E-state index is -0.445. The fourth-order valence-corrected chi connectivity index (χ4v) is 5.10. The van der Waals surface area contributed by atoms with E-state index in [-0.39, 0.29) is 0 Å². The van der Waals surface area contributed by atoms with E-state index >= 15 is 0 Å². The molecule has 7 rings (SSSR count). The molecule has 0 radical (unpaired) electrons. The van der Waals surface area contributed by atoms with Crippen LogP contribution in [-0.2, 0) is 0 Å². The van der Waals surface area contributed by atoms with Crippen molar-refractivity contribution in [1.29, 1.82) is 0 Å². The maximum Gasteiger partial charge on any atom is 0.344 e. The van der Waals surface area contributed by atoms with Gasteiger partial charge in [-0.3, -0.25) is 0 Å². The van der Waals surface area contributed by atoms with Gasteiger partial charge in [0.25, 0.3) is 0 Å². The summed E-state index contributed by atoms with van der Waals surface area (Å²) in [6.07, 6.45) is 1.59. The van der Waals surface area contributed by atoms with E-state index in [1.54, 1.807) is 28.2 Å². The first-order valence-electron chi connectivity index (χ1n) is 10.3. The van der Waals surface area contributed by atoms with Crippen LogP contribution in [0.5, 0.6) is 11.6 Å². The molecule has 0 amide bonds. The zero-order valence-electron chi connectivity index (χ0n) is 17.0. The molecule has 158 valence electrons. The number of aromatic nitrogens is 4. The lowest BCUT2D eigenvalue weighted by molar-refractivity contribution is 0.422. The molecule has 1 aliphatic heterocycles. The molecule has 8 heteroatoms. The van der Waals surface area contributed by atoms with E-state index in [4.69, 9.17) is 14.1 Å². The standard InChI is InChI=1S/C25H14N4O3S/c30-25-19-18(15-10-11-33-12-15)20-23-27-22(14-6-2-1-3-7-14)28-29(23)13-26-24(20)32-21(19)16-8-4-5-9-17(16)31-25/h1-13,18H. The molecule has 0 saturated carbocycles. The molecule has 33 heavy (non-hydrogen) atoms. The van der Waals surface area contributed by atoms with Crippen molar-refractivity contribution in [2.75, 3.05) is 0 Å². The van der Waals surface area contributed by atoms with Gasteiger partial charge in [-0.25, -0.2) is 19.3 Å². The summed E-state index contributed by atoms with van der Waals surface area (Å²) in [5.74, 6) is 1.02. The quantitative estimate of drug-likeness (QED) is 0.335. The van der Waals surface area contributed by atoms with Crippen molar-refractivity contribution in [3.8, 4) is 23.0 Å². The molecule has 6 aromatic rings. The third-order valence-electron chi connectivity index (χ3n) is 5.87. The van der Waals surface area contributed by atoms with Crippen LogP contribution in [0, 0.1) is 0 Å². The Kier molecular flexibility index (Phi) is 3.80. The summed E-state index contributed by atoms with van der Waals surface area (Å²) in [6.45, 7) is 0. The normalized spacial score (nSPS) is 14.7. The van der Waals surface area contributed by atoms with Crippen LogP contribution in [0.1, 0.15) is 22.6 Å². The van der Waals surface area contributed by atoms with Crippen molar-refractivity contribution in [3.63, 3.8) is 0 Å². The molecule has 0 saturated heterocycles. The van der Waals surface area contributed by atoms with E-state index in [1.807, 2.05) is 65.4 Å². The van der Waals surface area contributed by atoms with Crippen molar-refractivity contribution in [3.05, 3.63) is 105 Å². The summed E-state index contributed by atoms with van der Waals surface area (Å²) in [5, 5.41) is 9.36. The number of ether oxygens (including phenoxy) is 1. The van der Waals surface area contributed by atoms with E-state index in [0.29, 0.717) is 39.8 Å². The average molecular weight is 450 g/mol. The Labute approximate surface area is 190 Å². The second-order valence-corrected chi connectivity index (χ2v) is 8.53. The lowest BCUT2D eigenvalue weighted by atomic mass is 9.85. The van der Waals surface area contributed by atoms with E-state index in [2.05, 4.69) is 10.1 Å². The summed E-state index contributed by atoms with van der Waals surface area (Å²) < 4.78 is 13.6. The highest BCUT2D eigenvalue weighted by Gasteiger charge is 2.37. The van der Waals surface area contributed by atoms with Gasteiger partial charge < -0.3 is 9.15 Å². The Balaban J connectivity index is 1.56. The van der Waals surface area contributed by atoms with E-state index < -0.39 is 11.5 Å². The lowest BCUT2D eigenvalue weighted by Gasteiger charge is -2.26. The van der Waals surface area contributed by atoms with Crippen molar-refractivity contribution in [2.45, 2.75) is 5.92 Å². The molecule has 2 aromatic carbocycles. The maximum absolute atomic E-state index is 13.2. The van der Waals surface area contributed by atoms with Crippen molar-refractivity contribution >= 4 is 28.0 Å². The van der Waals surface area contributed by atoms with Crippen molar-refractivity contribution in [2.24, 2.45) is 0 Å². The first kappa shape index (κ1) is 18.3. The number of rotatable bonds is 2. The summed E-state index contributed by atoms with van der Waals surface area (Å²) in [5.41, 5.74) is 3.61. The van der Waals surface area contributed by atoms with E-state index in [1.165, 1.54) is 0 Å². The van der Waals surface area contributed by atoms with Gasteiger partial charge in [0.05, 0.1) is 22.4 Å². The van der Waals surface area contributed by atoms with Gasteiger partial charge in [-0.1, -0.05) is 42.5 Å². The second kappa shape index (κ2) is 6.85. The summed E-state index contributed by atoms with van der Waals surface area (Å²) in [4.78, 5) is 22.6. The van der Waals surface area contributed by atoms with Crippen LogP contribution < -0.4 is 10.4 Å². The first-order valence-corrected chi connectivity index (χ1v) is 11.3. The smallest absolute Gasteiger partial charge is 0.344 e. The molecule has 7 nitrogen and oxygen atoms in total. The van der Waals surface area contributed by atoms with Gasteiger partial charge in [0, 0.05) is 5.56 Å². The number of fused-ring (bicyclic) bond motifs is 6. The summed E-state index contributed by atoms with van der Waals surface area (Å²) in [7, 11) is 0. The van der Waals surface area contributed by atoms with Crippen LogP contribution in [0.25, 0.3) is 28.0 Å². The Morgan fingerprint density at radius 1 is 0.970 bits per heavy atom. The van der Waals surface area contributed by atoms with Gasteiger partial charge in [-0.2, -0.15) is 11.3 Å². The predicted octanol–water partition coefficient (Wildman–Crippen LogP) is 5.25. The van der Waals surface area contributed by atoms with Crippen molar-refractivity contribution in [1.82, 2.24) is 19.6 Å². The zero-order valence-corrected chi connectivity index (χ0v) is 17.8. The fraction of sp³-hybridized carbons (Fsp3) is 0.0400. The van der Waals surface area contributed by atoms with Gasteiger partial charge in [0.1, 0.15) is 11.9 Å². The Morgan fingerprint density at radius 3 is 2.67 bits per heavy atom. The molecule has 1 atom stereocenters. The molecule has 0 fully saturated rings. The fourth-order valence-electron chi connectivity index (χ4n) is 4.41. The molecule has 1 aliphatic rings. The minimum absolute atomic E-state index is 0.411. The number of thiophene rings is 1. The van der Waals surface area contributed by atoms with Crippen LogP contribution in [-0.4, -0.2) is 19.6 Å². The molecular formula is C25H14N4O3S. The number of nitrogens with zero attached hydrogens (tertiary/aromatic N) is 4. The summed E-state index contributed by atoms with van der Waals surface area (Å²) >= 11 is 1.56. The Hall–Kier alpha value is -4.30. The second-order valence-electron chi connectivity index (χ2n) is 7.75.